The van der Waals surface area contributed by atoms with Crippen molar-refractivity contribution in [3.8, 4) is 11.1 Å². The molecule has 0 atom stereocenters. The van der Waals surface area contributed by atoms with E-state index in [9.17, 15) is 0 Å². The van der Waals surface area contributed by atoms with E-state index in [-0.39, 0.29) is 0 Å². The minimum absolute atomic E-state index is 1.13. The van der Waals surface area contributed by atoms with Crippen LogP contribution in [0.25, 0.3) is 60.1 Å². The van der Waals surface area contributed by atoms with Gasteiger partial charge in [-0.05, 0) is 35.2 Å². The summed E-state index contributed by atoms with van der Waals surface area (Å²) >= 11 is 0. The van der Waals surface area contributed by atoms with Crippen LogP contribution in [0.4, 0.5) is 0 Å². The lowest BCUT2D eigenvalue weighted by molar-refractivity contribution is 1.01. The number of para-hydroxylation sites is 2. The van der Waals surface area contributed by atoms with Crippen molar-refractivity contribution in [1.82, 2.24) is 14.6 Å². The molecular formula is C27H17N3. The normalized spacial score (nSPS) is 12.0. The van der Waals surface area contributed by atoms with Crippen LogP contribution in [0.1, 0.15) is 0 Å². The molecule has 3 nitrogen and oxygen atoms in total. The molecule has 0 saturated heterocycles. The van der Waals surface area contributed by atoms with Gasteiger partial charge in [-0.2, -0.15) is 5.10 Å². The van der Waals surface area contributed by atoms with Crippen molar-refractivity contribution in [2.45, 2.75) is 0 Å². The third-order valence-corrected chi connectivity index (χ3v) is 6.19. The molecule has 0 fully saturated rings. The summed E-state index contributed by atoms with van der Waals surface area (Å²) in [6, 6.07) is 32.3. The molecule has 140 valence electrons. The molecule has 3 aromatic heterocycles. The van der Waals surface area contributed by atoms with Crippen LogP contribution in [-0.4, -0.2) is 14.6 Å². The third-order valence-electron chi connectivity index (χ3n) is 6.19. The number of nitrogens with one attached hydrogen (secondary N) is 1. The summed E-state index contributed by atoms with van der Waals surface area (Å²) < 4.78 is 2.09. The number of hydrogen-bond donors (Lipinski definition) is 1. The first kappa shape index (κ1) is 15.8. The lowest BCUT2D eigenvalue weighted by atomic mass is 9.99. The number of pyridine rings is 1. The Labute approximate surface area is 172 Å². The van der Waals surface area contributed by atoms with Gasteiger partial charge in [-0.15, -0.1) is 0 Å². The number of benzene rings is 4. The van der Waals surface area contributed by atoms with E-state index in [1.54, 1.807) is 0 Å². The van der Waals surface area contributed by atoms with E-state index in [0.29, 0.717) is 0 Å². The predicted molar refractivity (Wildman–Crippen MR) is 125 cm³/mol. The first-order chi connectivity index (χ1) is 14.9. The number of hydrogen-bond acceptors (Lipinski definition) is 1. The molecule has 0 unspecified atom stereocenters. The fraction of sp³-hybridized carbons (Fsp3) is 0. The second kappa shape index (κ2) is 5.71. The maximum absolute atomic E-state index is 4.81. The van der Waals surface area contributed by atoms with Gasteiger partial charge >= 0.3 is 0 Å². The number of aromatic nitrogens is 3. The Kier molecular flexibility index (Phi) is 3.00. The van der Waals surface area contributed by atoms with Crippen LogP contribution in [0.3, 0.4) is 0 Å². The number of aromatic amines is 1. The number of H-pyrrole nitrogens is 1. The summed E-state index contributed by atoms with van der Waals surface area (Å²) in [5.41, 5.74) is 6.95. The fourth-order valence-corrected chi connectivity index (χ4v) is 4.83. The maximum atomic E-state index is 4.81. The van der Waals surface area contributed by atoms with Crippen molar-refractivity contribution >= 4 is 49.0 Å². The highest BCUT2D eigenvalue weighted by Gasteiger charge is 2.15. The largest absolute Gasteiger partial charge is 0.355 e. The van der Waals surface area contributed by atoms with Crippen LogP contribution in [0.5, 0.6) is 0 Å². The molecule has 0 amide bonds. The highest BCUT2D eigenvalue weighted by Crippen LogP contribution is 2.37. The molecule has 0 saturated carbocycles. The van der Waals surface area contributed by atoms with Crippen molar-refractivity contribution in [1.29, 1.82) is 0 Å². The van der Waals surface area contributed by atoms with Crippen molar-refractivity contribution in [3.05, 3.63) is 97.2 Å². The van der Waals surface area contributed by atoms with Crippen molar-refractivity contribution in [3.63, 3.8) is 0 Å². The Balaban J connectivity index is 1.62. The summed E-state index contributed by atoms with van der Waals surface area (Å²) in [6.07, 6.45) is 2.00. The standard InChI is InChI=1S/C27H17N3/c1-2-10-21-18(7-1)20-9-4-6-12-26(20)30-27(21)23(16-28-30)17-13-14-25-22(15-17)19-8-3-5-11-24(19)29-25/h1-16,29H. The predicted octanol–water partition coefficient (Wildman–Crippen LogP) is 6.94. The Bertz CT molecular complexity index is 1750. The average Bonchev–Trinajstić information content (AvgIpc) is 3.41. The SMILES string of the molecule is c1ccc2c(c1)[nH]c1ccc(-c3cnn4c5ccccc5c5ccccc5c34)cc12. The lowest BCUT2D eigenvalue weighted by Crippen LogP contribution is -1.92. The molecule has 30 heavy (non-hydrogen) atoms. The van der Waals surface area contributed by atoms with Crippen molar-refractivity contribution in [2.24, 2.45) is 0 Å². The third kappa shape index (κ3) is 2.01. The molecule has 4 aromatic carbocycles. The zero-order valence-electron chi connectivity index (χ0n) is 16.1. The Morgan fingerprint density at radius 3 is 2.20 bits per heavy atom. The topological polar surface area (TPSA) is 33.1 Å². The van der Waals surface area contributed by atoms with E-state index < -0.39 is 0 Å². The molecule has 0 aliphatic carbocycles. The summed E-state index contributed by atoms with van der Waals surface area (Å²) in [6.45, 7) is 0. The summed E-state index contributed by atoms with van der Waals surface area (Å²) in [7, 11) is 0. The Morgan fingerprint density at radius 2 is 1.30 bits per heavy atom. The smallest absolute Gasteiger partial charge is 0.0825 e. The van der Waals surface area contributed by atoms with Crippen LogP contribution in [0, 0.1) is 0 Å². The van der Waals surface area contributed by atoms with Gasteiger partial charge in [-0.25, -0.2) is 4.52 Å². The molecular weight excluding hydrogens is 366 g/mol. The van der Waals surface area contributed by atoms with Gasteiger partial charge in [0, 0.05) is 38.1 Å². The highest BCUT2D eigenvalue weighted by molar-refractivity contribution is 6.16. The lowest BCUT2D eigenvalue weighted by Gasteiger charge is -2.09. The molecule has 0 aliphatic rings. The Morgan fingerprint density at radius 1 is 0.600 bits per heavy atom. The molecule has 0 bridgehead atoms. The van der Waals surface area contributed by atoms with E-state index in [1.165, 1.54) is 38.0 Å². The highest BCUT2D eigenvalue weighted by atomic mass is 15.2. The molecule has 7 rings (SSSR count). The van der Waals surface area contributed by atoms with Crippen LogP contribution < -0.4 is 0 Å². The second-order valence-electron chi connectivity index (χ2n) is 7.81. The molecule has 0 aliphatic heterocycles. The van der Waals surface area contributed by atoms with Crippen molar-refractivity contribution < 1.29 is 0 Å². The minimum atomic E-state index is 1.13. The molecule has 7 aromatic rings. The van der Waals surface area contributed by atoms with Gasteiger partial charge in [0.15, 0.2) is 0 Å². The van der Waals surface area contributed by atoms with Gasteiger partial charge in [-0.1, -0.05) is 66.7 Å². The van der Waals surface area contributed by atoms with Gasteiger partial charge in [0.25, 0.3) is 0 Å². The van der Waals surface area contributed by atoms with E-state index in [1.807, 2.05) is 6.20 Å². The summed E-state index contributed by atoms with van der Waals surface area (Å²) in [5.74, 6) is 0. The molecule has 3 heteroatoms. The second-order valence-corrected chi connectivity index (χ2v) is 7.81. The monoisotopic (exact) mass is 383 g/mol. The van der Waals surface area contributed by atoms with Crippen LogP contribution in [0.15, 0.2) is 97.2 Å². The van der Waals surface area contributed by atoms with Gasteiger partial charge in [0.1, 0.15) is 0 Å². The zero-order valence-corrected chi connectivity index (χ0v) is 16.1. The van der Waals surface area contributed by atoms with E-state index in [0.717, 1.165) is 22.1 Å². The van der Waals surface area contributed by atoms with E-state index in [4.69, 9.17) is 5.10 Å². The summed E-state index contributed by atoms with van der Waals surface area (Å²) in [5, 5.41) is 11.0. The first-order valence-corrected chi connectivity index (χ1v) is 10.2. The molecule has 0 radical (unpaired) electrons. The van der Waals surface area contributed by atoms with Gasteiger partial charge in [0.05, 0.1) is 17.2 Å². The Hall–Kier alpha value is -4.11. The number of fused-ring (bicyclic) bond motifs is 9. The average molecular weight is 383 g/mol. The van der Waals surface area contributed by atoms with Gasteiger partial charge in [-0.3, -0.25) is 0 Å². The minimum Gasteiger partial charge on any atom is -0.355 e. The number of rotatable bonds is 1. The fourth-order valence-electron chi connectivity index (χ4n) is 4.83. The number of nitrogens with zero attached hydrogens (tertiary/aromatic N) is 2. The molecule has 3 heterocycles. The van der Waals surface area contributed by atoms with E-state index in [2.05, 4.69) is 100 Å². The van der Waals surface area contributed by atoms with E-state index >= 15 is 0 Å². The van der Waals surface area contributed by atoms with Crippen LogP contribution in [0.2, 0.25) is 0 Å². The first-order valence-electron chi connectivity index (χ1n) is 10.2. The van der Waals surface area contributed by atoms with Crippen LogP contribution >= 0.6 is 0 Å². The maximum Gasteiger partial charge on any atom is 0.0825 e. The molecule has 0 spiro atoms. The summed E-state index contributed by atoms with van der Waals surface area (Å²) in [4.78, 5) is 3.52. The van der Waals surface area contributed by atoms with Crippen LogP contribution in [-0.2, 0) is 0 Å². The van der Waals surface area contributed by atoms with Crippen molar-refractivity contribution in [2.75, 3.05) is 0 Å². The van der Waals surface area contributed by atoms with Gasteiger partial charge < -0.3 is 4.98 Å². The molecule has 1 N–H and O–H groups in total. The zero-order chi connectivity index (χ0) is 19.7. The quantitative estimate of drug-likeness (QED) is 0.306. The van der Waals surface area contributed by atoms with Gasteiger partial charge in [0.2, 0.25) is 0 Å².